The average molecular weight is 286 g/mol. The fourth-order valence-electron chi connectivity index (χ4n) is 1.83. The molecule has 0 aromatic rings. The highest BCUT2D eigenvalue weighted by Gasteiger charge is 2.17. The summed E-state index contributed by atoms with van der Waals surface area (Å²) in [4.78, 5) is 23.3. The molecule has 0 aliphatic heterocycles. The lowest BCUT2D eigenvalue weighted by molar-refractivity contribution is -0.189. The predicted octanol–water partition coefficient (Wildman–Crippen LogP) is 4.36. The summed E-state index contributed by atoms with van der Waals surface area (Å²) in [5.41, 5.74) is 0. The fraction of sp³-hybridized carbons (Fsp3) is 0.875. The molecular formula is C16H30O4. The number of carbonyl (C=O) groups excluding carboxylic acids is 2. The molecule has 0 fully saturated rings. The summed E-state index contributed by atoms with van der Waals surface area (Å²) in [5, 5.41) is 0. The number of unbranched alkanes of at least 4 members (excludes halogenated alkanes) is 4. The van der Waals surface area contributed by atoms with E-state index in [9.17, 15) is 9.59 Å². The molecule has 0 atom stereocenters. The minimum atomic E-state index is -0.705. The maximum Gasteiger partial charge on any atom is 0.308 e. The topological polar surface area (TPSA) is 52.6 Å². The van der Waals surface area contributed by atoms with E-state index in [1.807, 2.05) is 6.92 Å². The van der Waals surface area contributed by atoms with Crippen LogP contribution >= 0.6 is 0 Å². The van der Waals surface area contributed by atoms with Crippen LogP contribution < -0.4 is 0 Å². The van der Waals surface area contributed by atoms with Gasteiger partial charge in [-0.15, -0.1) is 0 Å². The van der Waals surface area contributed by atoms with E-state index in [-0.39, 0.29) is 11.9 Å². The molecular weight excluding hydrogens is 256 g/mol. The fourth-order valence-corrected chi connectivity index (χ4v) is 1.83. The molecule has 0 unspecified atom stereocenters. The predicted molar refractivity (Wildman–Crippen MR) is 79.2 cm³/mol. The van der Waals surface area contributed by atoms with Gasteiger partial charge < -0.3 is 9.47 Å². The zero-order valence-electron chi connectivity index (χ0n) is 13.3. The van der Waals surface area contributed by atoms with E-state index >= 15 is 0 Å². The molecule has 4 heteroatoms. The van der Waals surface area contributed by atoms with Crippen molar-refractivity contribution in [3.8, 4) is 0 Å². The lowest BCUT2D eigenvalue weighted by atomic mass is 10.2. The monoisotopic (exact) mass is 286 g/mol. The number of carbonyl (C=O) groups is 2. The van der Waals surface area contributed by atoms with Crippen LogP contribution in [0, 0.1) is 0 Å². The Bertz CT molecular complexity index is 239. The second-order valence-corrected chi connectivity index (χ2v) is 5.11. The minimum absolute atomic E-state index is 0.266. The Morgan fingerprint density at radius 3 is 1.55 bits per heavy atom. The Kier molecular flexibility index (Phi) is 12.3. The third-order valence-corrected chi connectivity index (χ3v) is 3.02. The van der Waals surface area contributed by atoms with Crippen LogP contribution in [0.1, 0.15) is 85.0 Å². The summed E-state index contributed by atoms with van der Waals surface area (Å²) in [5.74, 6) is -0.531. The molecule has 0 aliphatic carbocycles. The lowest BCUT2D eigenvalue weighted by Crippen LogP contribution is -2.24. The number of hydrogen-bond donors (Lipinski definition) is 0. The van der Waals surface area contributed by atoms with E-state index in [2.05, 4.69) is 13.8 Å². The molecule has 0 saturated carbocycles. The summed E-state index contributed by atoms with van der Waals surface area (Å²) in [6, 6.07) is 0. The van der Waals surface area contributed by atoms with Crippen molar-refractivity contribution in [2.24, 2.45) is 0 Å². The molecule has 0 rings (SSSR count). The van der Waals surface area contributed by atoms with Gasteiger partial charge in [0.15, 0.2) is 0 Å². The van der Waals surface area contributed by atoms with Crippen molar-refractivity contribution in [3.63, 3.8) is 0 Å². The number of ether oxygens (including phenoxy) is 2. The first-order chi connectivity index (χ1) is 9.63. The van der Waals surface area contributed by atoms with Crippen molar-refractivity contribution in [2.45, 2.75) is 91.3 Å². The van der Waals surface area contributed by atoms with Gasteiger partial charge in [0.2, 0.25) is 6.29 Å². The first-order valence-corrected chi connectivity index (χ1v) is 8.02. The van der Waals surface area contributed by atoms with E-state index in [1.165, 1.54) is 0 Å². The molecule has 0 radical (unpaired) electrons. The van der Waals surface area contributed by atoms with E-state index < -0.39 is 6.29 Å². The van der Waals surface area contributed by atoms with Gasteiger partial charge in [0.25, 0.3) is 0 Å². The van der Waals surface area contributed by atoms with Crippen LogP contribution in [0.4, 0.5) is 0 Å². The van der Waals surface area contributed by atoms with Crippen LogP contribution in [0.25, 0.3) is 0 Å². The van der Waals surface area contributed by atoms with Gasteiger partial charge in [0, 0.05) is 19.3 Å². The second-order valence-electron chi connectivity index (χ2n) is 5.11. The van der Waals surface area contributed by atoms with Crippen molar-refractivity contribution in [2.75, 3.05) is 0 Å². The molecule has 118 valence electrons. The second kappa shape index (κ2) is 12.9. The van der Waals surface area contributed by atoms with E-state index in [0.717, 1.165) is 44.9 Å². The number of hydrogen-bond acceptors (Lipinski definition) is 4. The Hall–Kier alpha value is -1.06. The third-order valence-electron chi connectivity index (χ3n) is 3.02. The van der Waals surface area contributed by atoms with Gasteiger partial charge in [0.05, 0.1) is 0 Å². The molecule has 0 bridgehead atoms. The molecule has 0 aromatic carbocycles. The molecule has 0 aromatic heterocycles. The Morgan fingerprint density at radius 1 is 0.750 bits per heavy atom. The number of esters is 2. The Balaban J connectivity index is 4.01. The molecule has 4 nitrogen and oxygen atoms in total. The van der Waals surface area contributed by atoms with Crippen LogP contribution in [0.2, 0.25) is 0 Å². The summed E-state index contributed by atoms with van der Waals surface area (Å²) < 4.78 is 10.5. The van der Waals surface area contributed by atoms with Gasteiger partial charge >= 0.3 is 11.9 Å². The normalized spacial score (nSPS) is 10.6. The smallest absolute Gasteiger partial charge is 0.308 e. The standard InChI is InChI=1S/C16H30O4/c1-4-7-9-12-14(17)19-16(11-6-3)20-15(18)13-10-8-5-2/h16H,4-13H2,1-3H3. The largest absolute Gasteiger partial charge is 0.425 e. The third kappa shape index (κ3) is 10.8. The van der Waals surface area contributed by atoms with Crippen molar-refractivity contribution in [3.05, 3.63) is 0 Å². The first-order valence-electron chi connectivity index (χ1n) is 8.02. The summed E-state index contributed by atoms with van der Waals surface area (Å²) in [6.45, 7) is 6.15. The quantitative estimate of drug-likeness (QED) is 0.304. The summed E-state index contributed by atoms with van der Waals surface area (Å²) >= 11 is 0. The van der Waals surface area contributed by atoms with Crippen LogP contribution in [-0.2, 0) is 19.1 Å². The zero-order chi connectivity index (χ0) is 15.2. The molecule has 0 heterocycles. The Morgan fingerprint density at radius 2 is 1.20 bits per heavy atom. The van der Waals surface area contributed by atoms with Gasteiger partial charge in [-0.25, -0.2) is 0 Å². The zero-order valence-corrected chi connectivity index (χ0v) is 13.3. The summed E-state index contributed by atoms with van der Waals surface area (Å²) in [6.07, 6.45) is 7.32. The first kappa shape index (κ1) is 18.9. The maximum atomic E-state index is 11.6. The van der Waals surface area contributed by atoms with Gasteiger partial charge in [0.1, 0.15) is 0 Å². The van der Waals surface area contributed by atoms with Crippen LogP contribution in [-0.4, -0.2) is 18.2 Å². The Labute approximate surface area is 123 Å². The van der Waals surface area contributed by atoms with E-state index in [1.54, 1.807) is 0 Å². The molecule has 0 saturated heterocycles. The summed E-state index contributed by atoms with van der Waals surface area (Å²) in [7, 11) is 0. The van der Waals surface area contributed by atoms with E-state index in [0.29, 0.717) is 19.3 Å². The highest BCUT2D eigenvalue weighted by molar-refractivity contribution is 5.71. The average Bonchev–Trinajstić information content (AvgIpc) is 2.39. The maximum absolute atomic E-state index is 11.6. The SMILES string of the molecule is CCCCCC(=O)OC(CCC)OC(=O)CCCCC. The van der Waals surface area contributed by atoms with Crippen LogP contribution in [0.15, 0.2) is 0 Å². The van der Waals surface area contributed by atoms with Crippen LogP contribution in [0.5, 0.6) is 0 Å². The molecule has 20 heavy (non-hydrogen) atoms. The lowest BCUT2D eigenvalue weighted by Gasteiger charge is -2.17. The van der Waals surface area contributed by atoms with Gasteiger partial charge in [-0.2, -0.15) is 0 Å². The van der Waals surface area contributed by atoms with Crippen molar-refractivity contribution in [1.29, 1.82) is 0 Å². The van der Waals surface area contributed by atoms with Gasteiger partial charge in [-0.3, -0.25) is 9.59 Å². The van der Waals surface area contributed by atoms with Gasteiger partial charge in [-0.1, -0.05) is 46.5 Å². The van der Waals surface area contributed by atoms with Crippen molar-refractivity contribution < 1.29 is 19.1 Å². The highest BCUT2D eigenvalue weighted by Crippen LogP contribution is 2.10. The molecule has 0 N–H and O–H groups in total. The number of rotatable bonds is 12. The van der Waals surface area contributed by atoms with Crippen molar-refractivity contribution >= 4 is 11.9 Å². The van der Waals surface area contributed by atoms with Gasteiger partial charge in [-0.05, 0) is 19.3 Å². The van der Waals surface area contributed by atoms with Crippen molar-refractivity contribution in [1.82, 2.24) is 0 Å². The van der Waals surface area contributed by atoms with Crippen LogP contribution in [0.3, 0.4) is 0 Å². The molecule has 0 spiro atoms. The highest BCUT2D eigenvalue weighted by atomic mass is 16.7. The molecule has 0 aliphatic rings. The van der Waals surface area contributed by atoms with E-state index in [4.69, 9.17) is 9.47 Å². The minimum Gasteiger partial charge on any atom is -0.425 e. The molecule has 0 amide bonds.